The molecule has 0 radical (unpaired) electrons. The van der Waals surface area contributed by atoms with E-state index >= 15 is 0 Å². The van der Waals surface area contributed by atoms with Gasteiger partial charge < -0.3 is 5.32 Å². The summed E-state index contributed by atoms with van der Waals surface area (Å²) < 4.78 is 0. The van der Waals surface area contributed by atoms with E-state index in [-0.39, 0.29) is 5.91 Å². The lowest BCUT2D eigenvalue weighted by molar-refractivity contribution is 0.0950. The van der Waals surface area contributed by atoms with Crippen molar-refractivity contribution in [1.82, 2.24) is 10.3 Å². The fourth-order valence-electron chi connectivity index (χ4n) is 1.15. The van der Waals surface area contributed by atoms with Crippen LogP contribution >= 0.6 is 0 Å². The van der Waals surface area contributed by atoms with E-state index < -0.39 is 0 Å². The van der Waals surface area contributed by atoms with Crippen molar-refractivity contribution in [2.75, 3.05) is 6.54 Å². The van der Waals surface area contributed by atoms with Gasteiger partial charge in [-0.2, -0.15) is 0 Å². The van der Waals surface area contributed by atoms with E-state index in [0.717, 1.165) is 5.69 Å². The SMILES string of the molecule is CC.CCNC(=O)c1cccc(C(C)C)n1. The van der Waals surface area contributed by atoms with E-state index in [9.17, 15) is 4.79 Å². The topological polar surface area (TPSA) is 42.0 Å². The summed E-state index contributed by atoms with van der Waals surface area (Å²) in [6.07, 6.45) is 0. The molecule has 1 aromatic rings. The smallest absolute Gasteiger partial charge is 0.269 e. The summed E-state index contributed by atoms with van der Waals surface area (Å²) in [5.41, 5.74) is 1.45. The molecule has 0 atom stereocenters. The van der Waals surface area contributed by atoms with E-state index in [2.05, 4.69) is 24.1 Å². The van der Waals surface area contributed by atoms with Gasteiger partial charge in [0.05, 0.1) is 0 Å². The number of hydrogen-bond donors (Lipinski definition) is 1. The third-order valence-electron chi connectivity index (χ3n) is 1.93. The zero-order chi connectivity index (χ0) is 12.6. The molecule has 16 heavy (non-hydrogen) atoms. The summed E-state index contributed by atoms with van der Waals surface area (Å²) >= 11 is 0. The van der Waals surface area contributed by atoms with E-state index in [1.807, 2.05) is 32.9 Å². The van der Waals surface area contributed by atoms with Crippen molar-refractivity contribution in [2.24, 2.45) is 0 Å². The van der Waals surface area contributed by atoms with E-state index in [1.54, 1.807) is 6.07 Å². The first-order valence-corrected chi connectivity index (χ1v) is 5.90. The molecule has 3 nitrogen and oxygen atoms in total. The van der Waals surface area contributed by atoms with Gasteiger partial charge in [-0.1, -0.05) is 33.8 Å². The lowest BCUT2D eigenvalue weighted by Crippen LogP contribution is -2.24. The third kappa shape index (κ3) is 4.43. The Balaban J connectivity index is 0.00000106. The lowest BCUT2D eigenvalue weighted by atomic mass is 10.1. The number of nitrogens with one attached hydrogen (secondary N) is 1. The molecule has 0 fully saturated rings. The van der Waals surface area contributed by atoms with Crippen LogP contribution in [0.4, 0.5) is 0 Å². The number of aromatic nitrogens is 1. The molecular weight excluding hydrogens is 200 g/mol. The van der Waals surface area contributed by atoms with Crippen LogP contribution in [0.3, 0.4) is 0 Å². The molecule has 0 saturated carbocycles. The first-order valence-electron chi connectivity index (χ1n) is 5.90. The number of carbonyl (C=O) groups is 1. The van der Waals surface area contributed by atoms with Crippen LogP contribution in [-0.2, 0) is 0 Å². The van der Waals surface area contributed by atoms with Crippen molar-refractivity contribution >= 4 is 5.91 Å². The lowest BCUT2D eigenvalue weighted by Gasteiger charge is -2.06. The van der Waals surface area contributed by atoms with Crippen LogP contribution in [0.25, 0.3) is 0 Å². The maximum atomic E-state index is 11.4. The highest BCUT2D eigenvalue weighted by molar-refractivity contribution is 5.92. The number of nitrogens with zero attached hydrogens (tertiary/aromatic N) is 1. The molecule has 1 N–H and O–H groups in total. The molecule has 0 aromatic carbocycles. The fourth-order valence-corrected chi connectivity index (χ4v) is 1.15. The normalized spacial score (nSPS) is 9.38. The predicted octanol–water partition coefficient (Wildman–Crippen LogP) is 2.98. The van der Waals surface area contributed by atoms with Crippen molar-refractivity contribution < 1.29 is 4.79 Å². The van der Waals surface area contributed by atoms with Gasteiger partial charge in [-0.05, 0) is 25.0 Å². The van der Waals surface area contributed by atoms with Gasteiger partial charge in [0.15, 0.2) is 0 Å². The molecule has 1 heterocycles. The zero-order valence-corrected chi connectivity index (χ0v) is 10.9. The molecule has 0 aliphatic carbocycles. The number of pyridine rings is 1. The number of carbonyl (C=O) groups excluding carboxylic acids is 1. The zero-order valence-electron chi connectivity index (χ0n) is 10.9. The second kappa shape index (κ2) is 7.85. The van der Waals surface area contributed by atoms with Gasteiger partial charge in [0.1, 0.15) is 5.69 Å². The van der Waals surface area contributed by atoms with Crippen molar-refractivity contribution in [3.8, 4) is 0 Å². The standard InChI is InChI=1S/C11H16N2O.C2H6/c1-4-12-11(14)10-7-5-6-9(13-10)8(2)3;1-2/h5-8H,4H2,1-3H3,(H,12,14);1-2H3. The molecule has 1 rings (SSSR count). The maximum Gasteiger partial charge on any atom is 0.269 e. The van der Waals surface area contributed by atoms with Crippen molar-refractivity contribution in [3.63, 3.8) is 0 Å². The Bertz CT molecular complexity index is 321. The summed E-state index contributed by atoms with van der Waals surface area (Å²) in [5.74, 6) is 0.249. The minimum absolute atomic E-state index is 0.102. The predicted molar refractivity (Wildman–Crippen MR) is 67.7 cm³/mol. The second-order valence-electron chi connectivity index (χ2n) is 3.46. The van der Waals surface area contributed by atoms with E-state index in [4.69, 9.17) is 0 Å². The molecule has 3 heteroatoms. The highest BCUT2D eigenvalue weighted by atomic mass is 16.1. The highest BCUT2D eigenvalue weighted by Crippen LogP contribution is 2.11. The minimum atomic E-state index is -0.102. The largest absolute Gasteiger partial charge is 0.351 e. The van der Waals surface area contributed by atoms with E-state index in [1.165, 1.54) is 0 Å². The van der Waals surface area contributed by atoms with Crippen molar-refractivity contribution in [2.45, 2.75) is 40.5 Å². The van der Waals surface area contributed by atoms with Crippen molar-refractivity contribution in [1.29, 1.82) is 0 Å². The summed E-state index contributed by atoms with van der Waals surface area (Å²) in [4.78, 5) is 15.7. The molecule has 1 amide bonds. The highest BCUT2D eigenvalue weighted by Gasteiger charge is 2.07. The average Bonchev–Trinajstić information content (AvgIpc) is 2.32. The minimum Gasteiger partial charge on any atom is -0.351 e. The van der Waals surface area contributed by atoms with Crippen LogP contribution < -0.4 is 5.32 Å². The van der Waals surface area contributed by atoms with Gasteiger partial charge >= 0.3 is 0 Å². The molecule has 90 valence electrons. The number of amides is 1. The molecule has 0 spiro atoms. The fraction of sp³-hybridized carbons (Fsp3) is 0.538. The molecular formula is C13H22N2O. The maximum absolute atomic E-state index is 11.4. The summed E-state index contributed by atoms with van der Waals surface area (Å²) in [6, 6.07) is 5.54. The first kappa shape index (κ1) is 14.6. The van der Waals surface area contributed by atoms with Crippen LogP contribution in [-0.4, -0.2) is 17.4 Å². The van der Waals surface area contributed by atoms with Crippen LogP contribution in [0, 0.1) is 0 Å². The Labute approximate surface area is 98.3 Å². The molecule has 1 aromatic heterocycles. The summed E-state index contributed by atoms with van der Waals surface area (Å²) in [6.45, 7) is 10.6. The second-order valence-corrected chi connectivity index (χ2v) is 3.46. The van der Waals surface area contributed by atoms with Gasteiger partial charge in [0.25, 0.3) is 5.91 Å². The number of rotatable bonds is 3. The van der Waals surface area contributed by atoms with E-state index in [0.29, 0.717) is 18.2 Å². The van der Waals surface area contributed by atoms with Gasteiger partial charge in [-0.15, -0.1) is 0 Å². The van der Waals surface area contributed by atoms with Gasteiger partial charge in [-0.25, -0.2) is 4.98 Å². The summed E-state index contributed by atoms with van der Waals surface area (Å²) in [7, 11) is 0. The van der Waals surface area contributed by atoms with Crippen molar-refractivity contribution in [3.05, 3.63) is 29.6 Å². The molecule has 0 saturated heterocycles. The average molecular weight is 222 g/mol. The van der Waals surface area contributed by atoms with Gasteiger partial charge in [-0.3, -0.25) is 4.79 Å². The van der Waals surface area contributed by atoms with Gasteiger partial charge in [0, 0.05) is 12.2 Å². The first-order chi connectivity index (χ1) is 7.65. The Morgan fingerprint density at radius 1 is 1.38 bits per heavy atom. The van der Waals surface area contributed by atoms with Crippen LogP contribution in [0.5, 0.6) is 0 Å². The Kier molecular flexibility index (Phi) is 7.18. The quantitative estimate of drug-likeness (QED) is 0.854. The molecule has 0 unspecified atom stereocenters. The van der Waals surface area contributed by atoms with Gasteiger partial charge in [0.2, 0.25) is 0 Å². The van der Waals surface area contributed by atoms with Crippen LogP contribution in [0.15, 0.2) is 18.2 Å². The van der Waals surface area contributed by atoms with Crippen LogP contribution in [0.2, 0.25) is 0 Å². The van der Waals surface area contributed by atoms with Crippen LogP contribution in [0.1, 0.15) is 56.7 Å². The molecule has 0 bridgehead atoms. The monoisotopic (exact) mass is 222 g/mol. The molecule has 0 aliphatic heterocycles. The molecule has 0 aliphatic rings. The third-order valence-corrected chi connectivity index (χ3v) is 1.93. The Hall–Kier alpha value is -1.38. The Morgan fingerprint density at radius 2 is 2.00 bits per heavy atom. The Morgan fingerprint density at radius 3 is 2.50 bits per heavy atom. The number of hydrogen-bond acceptors (Lipinski definition) is 2. The summed E-state index contributed by atoms with van der Waals surface area (Å²) in [5, 5.41) is 2.73.